The number of hydrogen-bond acceptors (Lipinski definition) is 3. The largest absolute Gasteiger partial charge is 0.480 e. The summed E-state index contributed by atoms with van der Waals surface area (Å²) in [4.78, 5) is 14.1. The molecule has 1 aromatic rings. The van der Waals surface area contributed by atoms with Crippen LogP contribution >= 0.6 is 0 Å². The molecule has 0 radical (unpaired) electrons. The van der Waals surface area contributed by atoms with Crippen LogP contribution in [0, 0.1) is 5.82 Å². The van der Waals surface area contributed by atoms with Crippen LogP contribution in [0.25, 0.3) is 0 Å². The van der Waals surface area contributed by atoms with Crippen LogP contribution in [0.2, 0.25) is 0 Å². The number of likely N-dealkylation sites (tertiary alicyclic amines) is 1. The topological polar surface area (TPSA) is 52.6 Å². The lowest BCUT2D eigenvalue weighted by molar-refractivity contribution is -0.142. The number of aliphatic carboxylic acids is 1. The van der Waals surface area contributed by atoms with Crippen LogP contribution in [0.4, 0.5) is 10.1 Å². The molecule has 21 heavy (non-hydrogen) atoms. The zero-order valence-corrected chi connectivity index (χ0v) is 12.6. The van der Waals surface area contributed by atoms with Crippen molar-refractivity contribution in [2.45, 2.75) is 44.7 Å². The molecule has 1 fully saturated rings. The molecular formula is C16H23FN2O2. The van der Waals surface area contributed by atoms with Gasteiger partial charge in [-0.25, -0.2) is 9.18 Å². The Morgan fingerprint density at radius 1 is 1.29 bits per heavy atom. The molecule has 1 atom stereocenters. The van der Waals surface area contributed by atoms with Crippen molar-refractivity contribution in [1.29, 1.82) is 0 Å². The van der Waals surface area contributed by atoms with E-state index in [-0.39, 0.29) is 5.82 Å². The Morgan fingerprint density at radius 3 is 2.52 bits per heavy atom. The first-order valence-corrected chi connectivity index (χ1v) is 7.44. The minimum atomic E-state index is -0.971. The first-order valence-electron chi connectivity index (χ1n) is 7.44. The Bertz CT molecular complexity index is 490. The van der Waals surface area contributed by atoms with E-state index in [1.54, 1.807) is 12.1 Å². The molecule has 4 nitrogen and oxygen atoms in total. The third-order valence-electron chi connectivity index (χ3n) is 4.24. The molecule has 0 bridgehead atoms. The molecule has 116 valence electrons. The number of benzene rings is 1. The number of rotatable bonds is 4. The number of nitrogens with one attached hydrogen (secondary N) is 1. The van der Waals surface area contributed by atoms with Gasteiger partial charge in [0.1, 0.15) is 11.4 Å². The normalized spacial score (nSPS) is 23.8. The van der Waals surface area contributed by atoms with Crippen LogP contribution in [0.5, 0.6) is 0 Å². The number of hydrogen-bond donors (Lipinski definition) is 2. The van der Waals surface area contributed by atoms with Gasteiger partial charge in [0.2, 0.25) is 0 Å². The SMILES string of the molecule is CC(C)N1CCCC(Nc2ccc(F)cc2)(C(=O)O)CC1. The van der Waals surface area contributed by atoms with Gasteiger partial charge in [-0.2, -0.15) is 0 Å². The van der Waals surface area contributed by atoms with Gasteiger partial charge < -0.3 is 15.3 Å². The van der Waals surface area contributed by atoms with Gasteiger partial charge in [-0.15, -0.1) is 0 Å². The molecule has 0 saturated carbocycles. The second kappa shape index (κ2) is 6.43. The molecule has 1 aliphatic rings. The van der Waals surface area contributed by atoms with Crippen molar-refractivity contribution in [3.8, 4) is 0 Å². The van der Waals surface area contributed by atoms with Gasteiger partial charge in [-0.1, -0.05) is 0 Å². The van der Waals surface area contributed by atoms with Crippen molar-refractivity contribution in [1.82, 2.24) is 4.90 Å². The Morgan fingerprint density at radius 2 is 1.95 bits per heavy atom. The summed E-state index contributed by atoms with van der Waals surface area (Å²) >= 11 is 0. The molecule has 1 saturated heterocycles. The quantitative estimate of drug-likeness (QED) is 0.896. The van der Waals surface area contributed by atoms with Gasteiger partial charge in [-0.05, 0) is 63.9 Å². The molecule has 1 aliphatic heterocycles. The highest BCUT2D eigenvalue weighted by molar-refractivity contribution is 5.82. The van der Waals surface area contributed by atoms with Crippen LogP contribution in [0.1, 0.15) is 33.1 Å². The average molecular weight is 294 g/mol. The van der Waals surface area contributed by atoms with Crippen LogP contribution in [-0.4, -0.2) is 40.6 Å². The van der Waals surface area contributed by atoms with Crippen molar-refractivity contribution in [3.05, 3.63) is 30.1 Å². The lowest BCUT2D eigenvalue weighted by Gasteiger charge is -2.31. The standard InChI is InChI=1S/C16H23FN2O2/c1-12(2)19-10-3-8-16(9-11-19,15(20)21)18-14-6-4-13(17)5-7-14/h4-7,12,18H,3,8-11H2,1-2H3,(H,20,21). The Labute approximate surface area is 125 Å². The van der Waals surface area contributed by atoms with Crippen LogP contribution < -0.4 is 5.32 Å². The molecule has 1 heterocycles. The molecule has 0 aromatic heterocycles. The third-order valence-corrected chi connectivity index (χ3v) is 4.24. The summed E-state index contributed by atoms with van der Waals surface area (Å²) in [7, 11) is 0. The average Bonchev–Trinajstić information content (AvgIpc) is 2.65. The highest BCUT2D eigenvalue weighted by atomic mass is 19.1. The fourth-order valence-electron chi connectivity index (χ4n) is 2.87. The summed E-state index contributed by atoms with van der Waals surface area (Å²) in [6.45, 7) is 5.91. The Hall–Kier alpha value is -1.62. The van der Waals surface area contributed by atoms with Gasteiger partial charge in [0.05, 0.1) is 0 Å². The van der Waals surface area contributed by atoms with Crippen LogP contribution in [0.15, 0.2) is 24.3 Å². The summed E-state index contributed by atoms with van der Waals surface area (Å²) in [5.41, 5.74) is -0.321. The molecule has 0 aliphatic carbocycles. The monoisotopic (exact) mass is 294 g/mol. The maximum atomic E-state index is 13.0. The van der Waals surface area contributed by atoms with E-state index in [2.05, 4.69) is 24.1 Å². The minimum absolute atomic E-state index is 0.322. The lowest BCUT2D eigenvalue weighted by Crippen LogP contribution is -2.47. The molecule has 0 spiro atoms. The minimum Gasteiger partial charge on any atom is -0.480 e. The molecule has 1 unspecified atom stereocenters. The summed E-state index contributed by atoms with van der Waals surface area (Å²) in [5, 5.41) is 12.8. The molecule has 5 heteroatoms. The fraction of sp³-hybridized carbons (Fsp3) is 0.562. The fourth-order valence-corrected chi connectivity index (χ4v) is 2.87. The van der Waals surface area contributed by atoms with E-state index in [1.165, 1.54) is 12.1 Å². The molecule has 0 amide bonds. The van der Waals surface area contributed by atoms with Crippen molar-refractivity contribution >= 4 is 11.7 Å². The van der Waals surface area contributed by atoms with Crippen LogP contribution in [-0.2, 0) is 4.79 Å². The van der Waals surface area contributed by atoms with Crippen molar-refractivity contribution < 1.29 is 14.3 Å². The Kier molecular flexibility index (Phi) is 4.83. The Balaban J connectivity index is 2.17. The summed E-state index contributed by atoms with van der Waals surface area (Å²) in [5.74, 6) is -1.16. The predicted octanol–water partition coefficient (Wildman–Crippen LogP) is 2.96. The maximum Gasteiger partial charge on any atom is 0.329 e. The van der Waals surface area contributed by atoms with Crippen LogP contribution in [0.3, 0.4) is 0 Å². The highest BCUT2D eigenvalue weighted by Crippen LogP contribution is 2.28. The van der Waals surface area contributed by atoms with E-state index >= 15 is 0 Å². The molecular weight excluding hydrogens is 271 g/mol. The second-order valence-electron chi connectivity index (χ2n) is 6.00. The van der Waals surface area contributed by atoms with Gasteiger partial charge in [0, 0.05) is 18.3 Å². The van der Waals surface area contributed by atoms with Gasteiger partial charge in [0.15, 0.2) is 0 Å². The zero-order chi connectivity index (χ0) is 15.5. The number of nitrogens with zero attached hydrogens (tertiary/aromatic N) is 1. The van der Waals surface area contributed by atoms with E-state index in [9.17, 15) is 14.3 Å². The smallest absolute Gasteiger partial charge is 0.329 e. The first kappa shape index (κ1) is 15.8. The number of carboxylic acids is 1. The number of halogens is 1. The first-order chi connectivity index (χ1) is 9.93. The van der Waals surface area contributed by atoms with E-state index in [4.69, 9.17) is 0 Å². The van der Waals surface area contributed by atoms with E-state index in [0.29, 0.717) is 24.6 Å². The van der Waals surface area contributed by atoms with Gasteiger partial charge >= 0.3 is 5.97 Å². The second-order valence-corrected chi connectivity index (χ2v) is 6.00. The highest BCUT2D eigenvalue weighted by Gasteiger charge is 2.40. The van der Waals surface area contributed by atoms with Gasteiger partial charge in [-0.3, -0.25) is 0 Å². The summed E-state index contributed by atoms with van der Waals surface area (Å²) < 4.78 is 13.0. The van der Waals surface area contributed by atoms with E-state index in [0.717, 1.165) is 19.5 Å². The molecule has 2 N–H and O–H groups in total. The zero-order valence-electron chi connectivity index (χ0n) is 12.6. The molecule has 1 aromatic carbocycles. The van der Waals surface area contributed by atoms with Gasteiger partial charge in [0.25, 0.3) is 0 Å². The maximum absolute atomic E-state index is 13.0. The number of carbonyl (C=O) groups is 1. The van der Waals surface area contributed by atoms with Crippen molar-refractivity contribution in [3.63, 3.8) is 0 Å². The molecule has 2 rings (SSSR count). The third kappa shape index (κ3) is 3.73. The van der Waals surface area contributed by atoms with E-state index < -0.39 is 11.5 Å². The lowest BCUT2D eigenvalue weighted by atomic mass is 9.90. The number of carboxylic acid groups (broad SMARTS) is 1. The van der Waals surface area contributed by atoms with E-state index in [1.807, 2.05) is 0 Å². The summed E-state index contributed by atoms with van der Waals surface area (Å²) in [6.07, 6.45) is 1.94. The predicted molar refractivity (Wildman–Crippen MR) is 80.9 cm³/mol. The van der Waals surface area contributed by atoms with Crippen molar-refractivity contribution in [2.75, 3.05) is 18.4 Å². The van der Waals surface area contributed by atoms with Crippen molar-refractivity contribution in [2.24, 2.45) is 0 Å². The summed E-state index contributed by atoms with van der Waals surface area (Å²) in [6, 6.07) is 6.28. The number of anilines is 1.